The van der Waals surface area contributed by atoms with Crippen molar-refractivity contribution in [2.75, 3.05) is 7.11 Å². The Morgan fingerprint density at radius 3 is 2.71 bits per heavy atom. The zero-order valence-electron chi connectivity index (χ0n) is 13.3. The summed E-state index contributed by atoms with van der Waals surface area (Å²) in [7, 11) is 1.54. The number of ether oxygens (including phenoxy) is 1. The number of hydrogen-bond donors (Lipinski definition) is 2. The average Bonchev–Trinajstić information content (AvgIpc) is 2.91. The first-order valence-corrected chi connectivity index (χ1v) is 7.37. The van der Waals surface area contributed by atoms with E-state index in [1.54, 1.807) is 36.5 Å². The van der Waals surface area contributed by atoms with Crippen molar-refractivity contribution >= 4 is 22.7 Å². The Kier molecular flexibility index (Phi) is 4.04. The molecule has 0 fully saturated rings. The van der Waals surface area contributed by atoms with E-state index in [-0.39, 0.29) is 23.6 Å². The molecular weight excluding hydrogens is 308 g/mol. The van der Waals surface area contributed by atoms with E-state index < -0.39 is 5.97 Å². The van der Waals surface area contributed by atoms with Gasteiger partial charge in [0.2, 0.25) is 5.78 Å². The van der Waals surface area contributed by atoms with Crippen LogP contribution in [-0.4, -0.2) is 33.9 Å². The molecule has 6 heteroatoms. The number of hydrogen-bond acceptors (Lipinski definition) is 4. The molecular formula is C18H16N2O4. The summed E-state index contributed by atoms with van der Waals surface area (Å²) in [5.41, 5.74) is 2.55. The van der Waals surface area contributed by atoms with Crippen LogP contribution in [0.4, 0.5) is 0 Å². The highest BCUT2D eigenvalue weighted by Gasteiger charge is 2.22. The van der Waals surface area contributed by atoms with Crippen LogP contribution in [-0.2, 0) is 11.2 Å². The van der Waals surface area contributed by atoms with Crippen LogP contribution in [0.15, 0.2) is 36.5 Å². The second-order valence-corrected chi connectivity index (χ2v) is 5.51. The van der Waals surface area contributed by atoms with Gasteiger partial charge in [-0.1, -0.05) is 0 Å². The number of aliphatic carboxylic acids is 1. The lowest BCUT2D eigenvalue weighted by Crippen LogP contribution is -2.10. The van der Waals surface area contributed by atoms with E-state index in [1.165, 1.54) is 7.11 Å². The van der Waals surface area contributed by atoms with Gasteiger partial charge in [0.15, 0.2) is 0 Å². The molecule has 122 valence electrons. The number of fused-ring (bicyclic) bond motifs is 1. The van der Waals surface area contributed by atoms with Crippen molar-refractivity contribution in [2.45, 2.75) is 13.3 Å². The molecule has 6 nitrogen and oxygen atoms in total. The number of rotatable bonds is 5. The first kappa shape index (κ1) is 15.7. The van der Waals surface area contributed by atoms with Gasteiger partial charge in [0, 0.05) is 22.7 Å². The summed E-state index contributed by atoms with van der Waals surface area (Å²) in [5.74, 6) is -0.740. The van der Waals surface area contributed by atoms with Crippen molar-refractivity contribution in [2.24, 2.45) is 0 Å². The number of ketones is 1. The van der Waals surface area contributed by atoms with Crippen LogP contribution >= 0.6 is 0 Å². The number of carbonyl (C=O) groups is 2. The molecule has 24 heavy (non-hydrogen) atoms. The van der Waals surface area contributed by atoms with Crippen molar-refractivity contribution in [3.63, 3.8) is 0 Å². The fourth-order valence-electron chi connectivity index (χ4n) is 2.67. The van der Waals surface area contributed by atoms with Crippen LogP contribution in [0, 0.1) is 6.92 Å². The minimum Gasteiger partial charge on any atom is -0.497 e. The van der Waals surface area contributed by atoms with Crippen molar-refractivity contribution in [3.8, 4) is 5.75 Å². The Bertz CT molecular complexity index is 943. The molecule has 0 saturated carbocycles. The third kappa shape index (κ3) is 2.86. The van der Waals surface area contributed by atoms with Crippen molar-refractivity contribution in [3.05, 3.63) is 59.0 Å². The maximum atomic E-state index is 12.8. The summed E-state index contributed by atoms with van der Waals surface area (Å²) in [6, 6.07) is 8.72. The van der Waals surface area contributed by atoms with E-state index in [9.17, 15) is 14.7 Å². The van der Waals surface area contributed by atoms with Gasteiger partial charge in [-0.05, 0) is 42.8 Å². The summed E-state index contributed by atoms with van der Waals surface area (Å²) < 4.78 is 5.19. The maximum absolute atomic E-state index is 12.8. The second kappa shape index (κ2) is 6.16. The number of carboxylic acid groups (broad SMARTS) is 1. The first-order valence-electron chi connectivity index (χ1n) is 7.37. The highest BCUT2D eigenvalue weighted by Crippen LogP contribution is 2.28. The zero-order valence-corrected chi connectivity index (χ0v) is 13.3. The maximum Gasteiger partial charge on any atom is 0.307 e. The van der Waals surface area contributed by atoms with Crippen LogP contribution in [0.3, 0.4) is 0 Å². The number of nitrogens with one attached hydrogen (secondary N) is 1. The van der Waals surface area contributed by atoms with Crippen molar-refractivity contribution in [1.82, 2.24) is 9.97 Å². The molecule has 3 rings (SSSR count). The summed E-state index contributed by atoms with van der Waals surface area (Å²) in [6.07, 6.45) is 1.30. The summed E-state index contributed by atoms with van der Waals surface area (Å²) in [6.45, 7) is 1.87. The zero-order chi connectivity index (χ0) is 17.3. The molecule has 2 N–H and O–H groups in total. The Labute approximate surface area is 138 Å². The fourth-order valence-corrected chi connectivity index (χ4v) is 2.67. The molecule has 0 radical (unpaired) electrons. The van der Waals surface area contributed by atoms with Gasteiger partial charge in [0.1, 0.15) is 11.4 Å². The molecule has 0 aliphatic rings. The molecule has 2 heterocycles. The second-order valence-electron chi connectivity index (χ2n) is 5.51. The summed E-state index contributed by atoms with van der Waals surface area (Å²) in [4.78, 5) is 31.2. The van der Waals surface area contributed by atoms with Crippen LogP contribution in [0.1, 0.15) is 27.3 Å². The standard InChI is InChI=1S/C18H16N2O4/c1-10-5-6-19-15(7-10)18(23)17-13(9-16(21)22)12-8-11(24-2)3-4-14(12)20-17/h3-8,20H,9H2,1-2H3,(H,21,22). The Hall–Kier alpha value is -3.15. The third-order valence-electron chi connectivity index (χ3n) is 3.82. The first-order chi connectivity index (χ1) is 11.5. The minimum absolute atomic E-state index is 0.249. The number of methoxy groups -OCH3 is 1. The average molecular weight is 324 g/mol. The van der Waals surface area contributed by atoms with E-state index in [4.69, 9.17) is 4.74 Å². The smallest absolute Gasteiger partial charge is 0.307 e. The predicted molar refractivity (Wildman–Crippen MR) is 88.6 cm³/mol. The third-order valence-corrected chi connectivity index (χ3v) is 3.82. The lowest BCUT2D eigenvalue weighted by Gasteiger charge is -2.03. The van der Waals surface area contributed by atoms with E-state index in [0.717, 1.165) is 5.56 Å². The molecule has 0 atom stereocenters. The van der Waals surface area contributed by atoms with Gasteiger partial charge in [-0.15, -0.1) is 0 Å². The highest BCUT2D eigenvalue weighted by molar-refractivity contribution is 6.11. The van der Waals surface area contributed by atoms with Gasteiger partial charge < -0.3 is 14.8 Å². The molecule has 3 aromatic rings. The molecule has 0 amide bonds. The van der Waals surface area contributed by atoms with E-state index in [1.807, 2.05) is 6.92 Å². The van der Waals surface area contributed by atoms with Gasteiger partial charge in [0.05, 0.1) is 19.2 Å². The monoisotopic (exact) mass is 324 g/mol. The van der Waals surface area contributed by atoms with Crippen LogP contribution in [0.2, 0.25) is 0 Å². The number of aromatic amines is 1. The van der Waals surface area contributed by atoms with E-state index >= 15 is 0 Å². The Morgan fingerprint density at radius 2 is 2.04 bits per heavy atom. The fraction of sp³-hybridized carbons (Fsp3) is 0.167. The van der Waals surface area contributed by atoms with Gasteiger partial charge in [-0.2, -0.15) is 0 Å². The van der Waals surface area contributed by atoms with Gasteiger partial charge in [-0.25, -0.2) is 0 Å². The number of carbonyl (C=O) groups excluding carboxylic acids is 1. The lowest BCUT2D eigenvalue weighted by molar-refractivity contribution is -0.136. The van der Waals surface area contributed by atoms with Gasteiger partial charge >= 0.3 is 5.97 Å². The topological polar surface area (TPSA) is 92.3 Å². The van der Waals surface area contributed by atoms with Gasteiger partial charge in [-0.3, -0.25) is 14.6 Å². The number of aromatic nitrogens is 2. The molecule has 0 saturated heterocycles. The van der Waals surface area contributed by atoms with Crippen molar-refractivity contribution in [1.29, 1.82) is 0 Å². The largest absolute Gasteiger partial charge is 0.497 e. The number of H-pyrrole nitrogens is 1. The molecule has 0 bridgehead atoms. The number of pyridine rings is 1. The minimum atomic E-state index is -1.01. The quantitative estimate of drug-likeness (QED) is 0.704. The van der Waals surface area contributed by atoms with Crippen LogP contribution < -0.4 is 4.74 Å². The molecule has 2 aromatic heterocycles. The van der Waals surface area contributed by atoms with E-state index in [2.05, 4.69) is 9.97 Å². The van der Waals surface area contributed by atoms with Crippen molar-refractivity contribution < 1.29 is 19.4 Å². The van der Waals surface area contributed by atoms with E-state index in [0.29, 0.717) is 22.2 Å². The lowest BCUT2D eigenvalue weighted by atomic mass is 10.0. The van der Waals surface area contributed by atoms with Gasteiger partial charge in [0.25, 0.3) is 0 Å². The van der Waals surface area contributed by atoms with Crippen LogP contribution in [0.25, 0.3) is 10.9 Å². The van der Waals surface area contributed by atoms with Crippen LogP contribution in [0.5, 0.6) is 5.75 Å². The highest BCUT2D eigenvalue weighted by atomic mass is 16.5. The molecule has 1 aromatic carbocycles. The summed E-state index contributed by atoms with van der Waals surface area (Å²) in [5, 5.41) is 9.88. The number of nitrogens with zero attached hydrogens (tertiary/aromatic N) is 1. The molecule has 0 spiro atoms. The Balaban J connectivity index is 2.19. The normalized spacial score (nSPS) is 10.8. The SMILES string of the molecule is COc1ccc2[nH]c(C(=O)c3cc(C)ccn3)c(CC(=O)O)c2c1. The molecule has 0 aliphatic carbocycles. The number of benzene rings is 1. The molecule has 0 aliphatic heterocycles. The number of carboxylic acids is 1. The Morgan fingerprint density at radius 1 is 1.25 bits per heavy atom. The summed E-state index contributed by atoms with van der Waals surface area (Å²) >= 11 is 0. The molecule has 0 unspecified atom stereocenters. The predicted octanol–water partition coefficient (Wildman–Crippen LogP) is 2.74. The number of aryl methyl sites for hydroxylation is 1.